The van der Waals surface area contributed by atoms with Crippen molar-refractivity contribution in [1.82, 2.24) is 14.2 Å². The van der Waals surface area contributed by atoms with E-state index in [1.165, 1.54) is 17.7 Å². The van der Waals surface area contributed by atoms with E-state index in [4.69, 9.17) is 5.73 Å². The lowest BCUT2D eigenvalue weighted by atomic mass is 10.3. The van der Waals surface area contributed by atoms with E-state index in [-0.39, 0.29) is 5.91 Å². The zero-order valence-electron chi connectivity index (χ0n) is 8.64. The van der Waals surface area contributed by atoms with Crippen LogP contribution >= 0.6 is 11.5 Å². The van der Waals surface area contributed by atoms with Gasteiger partial charge in [0, 0.05) is 26.2 Å². The van der Waals surface area contributed by atoms with Crippen molar-refractivity contribution < 1.29 is 4.79 Å². The molecule has 0 spiro atoms. The van der Waals surface area contributed by atoms with Crippen molar-refractivity contribution in [2.75, 3.05) is 39.0 Å². The first-order valence-corrected chi connectivity index (χ1v) is 5.64. The van der Waals surface area contributed by atoms with E-state index in [1.807, 2.05) is 4.90 Å². The maximum atomic E-state index is 12.0. The third-order valence-corrected chi connectivity index (χ3v) is 3.39. The summed E-state index contributed by atoms with van der Waals surface area (Å²) in [5.41, 5.74) is 6.16. The van der Waals surface area contributed by atoms with Gasteiger partial charge < -0.3 is 15.5 Å². The molecule has 0 saturated carbocycles. The van der Waals surface area contributed by atoms with Gasteiger partial charge in [-0.1, -0.05) is 0 Å². The molecular weight excluding hydrogens is 212 g/mol. The molecule has 1 aromatic rings. The lowest BCUT2D eigenvalue weighted by molar-refractivity contribution is 0.0670. The van der Waals surface area contributed by atoms with Crippen LogP contribution in [0.4, 0.5) is 5.69 Å². The highest BCUT2D eigenvalue weighted by atomic mass is 32.1. The van der Waals surface area contributed by atoms with Gasteiger partial charge >= 0.3 is 0 Å². The minimum atomic E-state index is 0.0168. The van der Waals surface area contributed by atoms with Crippen LogP contribution in [0.3, 0.4) is 0 Å². The molecule has 1 fully saturated rings. The Bertz CT molecular complexity index is 357. The average molecular weight is 226 g/mol. The lowest BCUT2D eigenvalue weighted by Gasteiger charge is -2.32. The number of aromatic nitrogens is 1. The number of amides is 1. The number of nitrogen functional groups attached to an aromatic ring is 1. The van der Waals surface area contributed by atoms with E-state index in [1.54, 1.807) is 0 Å². The van der Waals surface area contributed by atoms with Crippen molar-refractivity contribution in [1.29, 1.82) is 0 Å². The number of likely N-dealkylation sites (N-methyl/N-ethyl adjacent to an activating group) is 1. The molecule has 82 valence electrons. The van der Waals surface area contributed by atoms with Crippen molar-refractivity contribution in [2.45, 2.75) is 0 Å². The minimum absolute atomic E-state index is 0.0168. The molecule has 0 aromatic carbocycles. The molecular formula is C9H14N4OS. The second-order valence-corrected chi connectivity index (χ2v) is 4.51. The second-order valence-electron chi connectivity index (χ2n) is 3.71. The Hall–Kier alpha value is -1.14. The van der Waals surface area contributed by atoms with E-state index in [9.17, 15) is 4.79 Å². The summed E-state index contributed by atoms with van der Waals surface area (Å²) in [7, 11) is 2.06. The Labute approximate surface area is 92.6 Å². The summed E-state index contributed by atoms with van der Waals surface area (Å²) in [4.78, 5) is 16.6. The lowest BCUT2D eigenvalue weighted by Crippen LogP contribution is -2.47. The van der Waals surface area contributed by atoms with Crippen molar-refractivity contribution in [3.05, 3.63) is 11.1 Å². The van der Waals surface area contributed by atoms with Gasteiger partial charge in [0.25, 0.3) is 5.91 Å². The average Bonchev–Trinajstić information content (AvgIpc) is 2.65. The number of piperazine rings is 1. The van der Waals surface area contributed by atoms with Gasteiger partial charge in [0.15, 0.2) is 0 Å². The van der Waals surface area contributed by atoms with Gasteiger partial charge in [-0.25, -0.2) is 0 Å². The van der Waals surface area contributed by atoms with Crippen molar-refractivity contribution in [3.63, 3.8) is 0 Å². The van der Waals surface area contributed by atoms with Gasteiger partial charge in [0.1, 0.15) is 4.88 Å². The Kier molecular flexibility index (Phi) is 2.88. The highest BCUT2D eigenvalue weighted by Crippen LogP contribution is 2.18. The van der Waals surface area contributed by atoms with Crippen LogP contribution < -0.4 is 5.73 Å². The summed E-state index contributed by atoms with van der Waals surface area (Å²) in [6.07, 6.45) is 1.54. The Morgan fingerprint density at radius 1 is 1.47 bits per heavy atom. The number of carbonyl (C=O) groups is 1. The van der Waals surface area contributed by atoms with Gasteiger partial charge in [-0.3, -0.25) is 4.79 Å². The predicted octanol–water partition coefficient (Wildman–Crippen LogP) is 0.113. The molecule has 1 aliphatic rings. The van der Waals surface area contributed by atoms with Gasteiger partial charge in [0.2, 0.25) is 0 Å². The van der Waals surface area contributed by atoms with Crippen LogP contribution in [-0.4, -0.2) is 53.3 Å². The molecule has 1 aliphatic heterocycles. The van der Waals surface area contributed by atoms with Gasteiger partial charge in [-0.2, -0.15) is 4.37 Å². The molecule has 2 heterocycles. The SMILES string of the molecule is CN1CCN(C(=O)c2sncc2N)CC1. The monoisotopic (exact) mass is 226 g/mol. The number of rotatable bonds is 1. The predicted molar refractivity (Wildman–Crippen MR) is 59.9 cm³/mol. The molecule has 1 saturated heterocycles. The molecule has 1 amide bonds. The zero-order valence-corrected chi connectivity index (χ0v) is 9.46. The first-order chi connectivity index (χ1) is 7.18. The van der Waals surface area contributed by atoms with Crippen LogP contribution in [0, 0.1) is 0 Å². The van der Waals surface area contributed by atoms with Crippen LogP contribution in [0.25, 0.3) is 0 Å². The van der Waals surface area contributed by atoms with Crippen molar-refractivity contribution in [2.24, 2.45) is 0 Å². The van der Waals surface area contributed by atoms with Crippen molar-refractivity contribution >= 4 is 23.1 Å². The number of nitrogens with zero attached hydrogens (tertiary/aromatic N) is 3. The number of hydrogen-bond donors (Lipinski definition) is 1. The fraction of sp³-hybridized carbons (Fsp3) is 0.556. The second kappa shape index (κ2) is 4.16. The van der Waals surface area contributed by atoms with Gasteiger partial charge in [-0.05, 0) is 18.6 Å². The standard InChI is InChI=1S/C9H14N4OS/c1-12-2-4-13(5-3-12)9(14)8-7(10)6-11-15-8/h6H,2-5,10H2,1H3. The summed E-state index contributed by atoms with van der Waals surface area (Å²) in [5.74, 6) is 0.0168. The third-order valence-electron chi connectivity index (χ3n) is 2.58. The highest BCUT2D eigenvalue weighted by molar-refractivity contribution is 7.08. The quantitative estimate of drug-likeness (QED) is 0.738. The number of anilines is 1. The largest absolute Gasteiger partial charge is 0.396 e. The van der Waals surface area contributed by atoms with E-state index >= 15 is 0 Å². The summed E-state index contributed by atoms with van der Waals surface area (Å²) >= 11 is 1.17. The smallest absolute Gasteiger partial charge is 0.267 e. The van der Waals surface area contributed by atoms with Gasteiger partial charge in [-0.15, -0.1) is 0 Å². The van der Waals surface area contributed by atoms with Crippen LogP contribution in [0.15, 0.2) is 6.20 Å². The van der Waals surface area contributed by atoms with Gasteiger partial charge in [0.05, 0.1) is 11.9 Å². The molecule has 0 unspecified atom stereocenters. The Morgan fingerprint density at radius 2 is 2.13 bits per heavy atom. The zero-order chi connectivity index (χ0) is 10.8. The molecule has 15 heavy (non-hydrogen) atoms. The molecule has 1 aromatic heterocycles. The summed E-state index contributed by atoms with van der Waals surface area (Å²) < 4.78 is 3.91. The molecule has 5 nitrogen and oxygen atoms in total. The number of nitrogens with two attached hydrogens (primary N) is 1. The van der Waals surface area contributed by atoms with Crippen LogP contribution in [0.2, 0.25) is 0 Å². The number of carbonyl (C=O) groups excluding carboxylic acids is 1. The molecule has 6 heteroatoms. The van der Waals surface area contributed by atoms with Crippen LogP contribution in [0.1, 0.15) is 9.67 Å². The fourth-order valence-corrected chi connectivity index (χ4v) is 2.20. The molecule has 0 bridgehead atoms. The van der Waals surface area contributed by atoms with E-state index in [0.717, 1.165) is 26.2 Å². The summed E-state index contributed by atoms with van der Waals surface area (Å²) in [6, 6.07) is 0. The van der Waals surface area contributed by atoms with Crippen LogP contribution in [-0.2, 0) is 0 Å². The number of hydrogen-bond acceptors (Lipinski definition) is 5. The van der Waals surface area contributed by atoms with E-state index in [2.05, 4.69) is 16.3 Å². The fourth-order valence-electron chi connectivity index (χ4n) is 1.56. The van der Waals surface area contributed by atoms with Crippen LogP contribution in [0.5, 0.6) is 0 Å². The first kappa shape index (κ1) is 10.4. The van der Waals surface area contributed by atoms with Crippen molar-refractivity contribution in [3.8, 4) is 0 Å². The normalized spacial score (nSPS) is 18.1. The molecule has 2 rings (SSSR count). The minimum Gasteiger partial charge on any atom is -0.396 e. The molecule has 2 N–H and O–H groups in total. The molecule has 0 aliphatic carbocycles. The Balaban J connectivity index is 2.06. The molecule has 0 radical (unpaired) electrons. The summed E-state index contributed by atoms with van der Waals surface area (Å²) in [6.45, 7) is 3.38. The van der Waals surface area contributed by atoms with E-state index < -0.39 is 0 Å². The highest BCUT2D eigenvalue weighted by Gasteiger charge is 2.23. The summed E-state index contributed by atoms with van der Waals surface area (Å²) in [5, 5.41) is 0. The first-order valence-electron chi connectivity index (χ1n) is 4.86. The third kappa shape index (κ3) is 2.10. The Morgan fingerprint density at radius 3 is 2.67 bits per heavy atom. The maximum absolute atomic E-state index is 12.0. The maximum Gasteiger partial charge on any atom is 0.267 e. The topological polar surface area (TPSA) is 62.5 Å². The molecule has 0 atom stereocenters. The van der Waals surface area contributed by atoms with E-state index in [0.29, 0.717) is 10.6 Å².